The highest BCUT2D eigenvalue weighted by atomic mass is 32.1. The minimum absolute atomic E-state index is 0.214. The molecule has 0 heterocycles. The lowest BCUT2D eigenvalue weighted by Gasteiger charge is -2.00. The van der Waals surface area contributed by atoms with E-state index in [2.05, 4.69) is 12.6 Å². The monoisotopic (exact) mass is 156 g/mol. The normalized spacial score (nSPS) is 10.0. The van der Waals surface area contributed by atoms with Gasteiger partial charge in [-0.05, 0) is 31.0 Å². The summed E-state index contributed by atoms with van der Waals surface area (Å²) in [7, 11) is 0. The van der Waals surface area contributed by atoms with E-state index in [4.69, 9.17) is 0 Å². The molecule has 1 rings (SSSR count). The second-order valence-corrected chi connectivity index (χ2v) is 2.90. The largest absolute Gasteiger partial charge is 0.205 e. The molecule has 0 saturated carbocycles. The van der Waals surface area contributed by atoms with Crippen LogP contribution < -0.4 is 0 Å². The third kappa shape index (κ3) is 1.32. The van der Waals surface area contributed by atoms with Crippen molar-refractivity contribution in [3.05, 3.63) is 29.1 Å². The van der Waals surface area contributed by atoms with Gasteiger partial charge in [0.1, 0.15) is 5.82 Å². The molecule has 0 bridgehead atoms. The Labute approximate surface area is 65.5 Å². The fourth-order valence-corrected chi connectivity index (χ4v) is 1.31. The van der Waals surface area contributed by atoms with Gasteiger partial charge in [-0.2, -0.15) is 0 Å². The van der Waals surface area contributed by atoms with Crippen LogP contribution in [0.1, 0.15) is 11.1 Å². The molecule has 1 aromatic carbocycles. The number of thiol groups is 1. The summed E-state index contributed by atoms with van der Waals surface area (Å²) in [5, 5.41) is 0. The molecule has 0 nitrogen and oxygen atoms in total. The number of rotatable bonds is 0. The molecule has 0 N–H and O–H groups in total. The Kier molecular flexibility index (Phi) is 2.00. The van der Waals surface area contributed by atoms with E-state index in [0.717, 1.165) is 5.56 Å². The fourth-order valence-electron chi connectivity index (χ4n) is 0.928. The first-order chi connectivity index (χ1) is 4.61. The zero-order chi connectivity index (χ0) is 7.72. The number of halogens is 1. The first-order valence-electron chi connectivity index (χ1n) is 3.07. The lowest BCUT2D eigenvalue weighted by molar-refractivity contribution is 0.592. The third-order valence-electron chi connectivity index (χ3n) is 1.38. The van der Waals surface area contributed by atoms with E-state index in [1.54, 1.807) is 19.1 Å². The molecule has 0 unspecified atom stereocenters. The topological polar surface area (TPSA) is 0 Å². The van der Waals surface area contributed by atoms with Gasteiger partial charge in [0, 0.05) is 4.90 Å². The van der Waals surface area contributed by atoms with E-state index >= 15 is 0 Å². The summed E-state index contributed by atoms with van der Waals surface area (Å²) in [5.41, 5.74) is 1.70. The smallest absolute Gasteiger partial charge is 0.139 e. The van der Waals surface area contributed by atoms with Crippen molar-refractivity contribution < 1.29 is 4.39 Å². The summed E-state index contributed by atoms with van der Waals surface area (Å²) in [6.07, 6.45) is 0. The van der Waals surface area contributed by atoms with Gasteiger partial charge in [0.05, 0.1) is 0 Å². The second kappa shape index (κ2) is 2.62. The van der Waals surface area contributed by atoms with E-state index in [1.807, 2.05) is 6.92 Å². The van der Waals surface area contributed by atoms with E-state index in [1.165, 1.54) is 0 Å². The molecule has 0 aromatic heterocycles. The molecule has 54 valence electrons. The van der Waals surface area contributed by atoms with Gasteiger partial charge in [-0.25, -0.2) is 4.39 Å². The summed E-state index contributed by atoms with van der Waals surface area (Å²) in [6, 6.07) is 3.51. The molecule has 0 aliphatic heterocycles. The molecule has 0 spiro atoms. The maximum Gasteiger partial charge on any atom is 0.139 e. The maximum atomic E-state index is 12.8. The highest BCUT2D eigenvalue weighted by molar-refractivity contribution is 7.80. The van der Waals surface area contributed by atoms with Crippen molar-refractivity contribution in [2.24, 2.45) is 0 Å². The van der Waals surface area contributed by atoms with Gasteiger partial charge in [0.2, 0.25) is 0 Å². The average molecular weight is 156 g/mol. The van der Waals surface area contributed by atoms with Gasteiger partial charge in [-0.3, -0.25) is 0 Å². The molecule has 2 heteroatoms. The van der Waals surface area contributed by atoms with Crippen LogP contribution in [0.15, 0.2) is 17.0 Å². The van der Waals surface area contributed by atoms with Gasteiger partial charge in [-0.15, -0.1) is 12.6 Å². The Hall–Kier alpha value is -0.500. The Morgan fingerprint density at radius 3 is 2.40 bits per heavy atom. The predicted octanol–water partition coefficient (Wildman–Crippen LogP) is 2.73. The first-order valence-corrected chi connectivity index (χ1v) is 3.51. The Morgan fingerprint density at radius 2 is 1.90 bits per heavy atom. The van der Waals surface area contributed by atoms with Crippen LogP contribution in [-0.4, -0.2) is 0 Å². The van der Waals surface area contributed by atoms with Crippen molar-refractivity contribution in [1.82, 2.24) is 0 Å². The fraction of sp³-hybridized carbons (Fsp3) is 0.250. The molecule has 0 fully saturated rings. The van der Waals surface area contributed by atoms with E-state index in [0.29, 0.717) is 10.5 Å². The highest BCUT2D eigenvalue weighted by Gasteiger charge is 2.01. The quantitative estimate of drug-likeness (QED) is 0.548. The van der Waals surface area contributed by atoms with Gasteiger partial charge >= 0.3 is 0 Å². The average Bonchev–Trinajstić information content (AvgIpc) is 1.82. The predicted molar refractivity (Wildman–Crippen MR) is 43.1 cm³/mol. The summed E-state index contributed by atoms with van der Waals surface area (Å²) in [6.45, 7) is 3.66. The molecule has 0 saturated heterocycles. The zero-order valence-electron chi connectivity index (χ0n) is 5.98. The summed E-state index contributed by atoms with van der Waals surface area (Å²) >= 11 is 3.96. The van der Waals surface area contributed by atoms with Crippen LogP contribution in [0.2, 0.25) is 0 Å². The van der Waals surface area contributed by atoms with Crippen LogP contribution in [0.3, 0.4) is 0 Å². The van der Waals surface area contributed by atoms with Gasteiger partial charge < -0.3 is 0 Å². The molecular formula is C8H9FS. The van der Waals surface area contributed by atoms with Crippen LogP contribution >= 0.6 is 12.6 Å². The Morgan fingerprint density at radius 1 is 1.30 bits per heavy atom. The molecule has 0 radical (unpaired) electrons. The van der Waals surface area contributed by atoms with E-state index in [-0.39, 0.29) is 5.82 Å². The van der Waals surface area contributed by atoms with Gasteiger partial charge in [-0.1, -0.05) is 6.07 Å². The Bertz CT molecular complexity index is 232. The van der Waals surface area contributed by atoms with Crippen LogP contribution in [0, 0.1) is 19.7 Å². The van der Waals surface area contributed by atoms with Gasteiger partial charge in [0.15, 0.2) is 0 Å². The molecule has 1 aromatic rings. The molecule has 0 aliphatic carbocycles. The van der Waals surface area contributed by atoms with Crippen LogP contribution in [0.5, 0.6) is 0 Å². The zero-order valence-corrected chi connectivity index (χ0v) is 6.87. The van der Waals surface area contributed by atoms with Crippen LogP contribution in [0.4, 0.5) is 4.39 Å². The third-order valence-corrected chi connectivity index (χ3v) is 1.71. The maximum absolute atomic E-state index is 12.8. The first kappa shape index (κ1) is 7.61. The number of benzene rings is 1. The molecule has 0 amide bonds. The van der Waals surface area contributed by atoms with Crippen molar-refractivity contribution in [3.63, 3.8) is 0 Å². The Balaban J connectivity index is 3.31. The number of aryl methyl sites for hydroxylation is 2. The summed E-state index contributed by atoms with van der Waals surface area (Å²) < 4.78 is 12.8. The van der Waals surface area contributed by atoms with Crippen LogP contribution in [0.25, 0.3) is 0 Å². The number of hydrogen-bond donors (Lipinski definition) is 1. The lowest BCUT2D eigenvalue weighted by Crippen LogP contribution is -1.85. The minimum Gasteiger partial charge on any atom is -0.205 e. The van der Waals surface area contributed by atoms with Crippen molar-refractivity contribution in [1.29, 1.82) is 0 Å². The van der Waals surface area contributed by atoms with Gasteiger partial charge in [0.25, 0.3) is 0 Å². The van der Waals surface area contributed by atoms with Crippen molar-refractivity contribution >= 4 is 12.6 Å². The lowest BCUT2D eigenvalue weighted by atomic mass is 10.1. The van der Waals surface area contributed by atoms with Crippen molar-refractivity contribution in [3.8, 4) is 0 Å². The summed E-state index contributed by atoms with van der Waals surface area (Å²) in [4.78, 5) is 0.428. The van der Waals surface area contributed by atoms with Crippen molar-refractivity contribution in [2.75, 3.05) is 0 Å². The molecule has 0 atom stereocenters. The molecule has 10 heavy (non-hydrogen) atoms. The van der Waals surface area contributed by atoms with Crippen molar-refractivity contribution in [2.45, 2.75) is 18.7 Å². The van der Waals surface area contributed by atoms with E-state index < -0.39 is 0 Å². The second-order valence-electron chi connectivity index (χ2n) is 2.41. The number of hydrogen-bond acceptors (Lipinski definition) is 1. The standard InChI is InChI=1S/C8H9FS/c1-5-3-6(2)8(9)7(10)4-5/h3-4,10H,1-2H3. The molecule has 0 aliphatic rings. The van der Waals surface area contributed by atoms with Crippen LogP contribution in [-0.2, 0) is 0 Å². The summed E-state index contributed by atoms with van der Waals surface area (Å²) in [5.74, 6) is -0.214. The molecular weight excluding hydrogens is 147 g/mol. The SMILES string of the molecule is Cc1cc(C)c(F)c(S)c1. The van der Waals surface area contributed by atoms with E-state index in [9.17, 15) is 4.39 Å². The minimum atomic E-state index is -0.214. The highest BCUT2D eigenvalue weighted by Crippen LogP contribution is 2.17.